The summed E-state index contributed by atoms with van der Waals surface area (Å²) in [6.45, 7) is 4.93. The van der Waals surface area contributed by atoms with Crippen LogP contribution < -0.4 is 5.32 Å². The first kappa shape index (κ1) is 10.3. The van der Waals surface area contributed by atoms with Crippen LogP contribution in [0.15, 0.2) is 35.9 Å². The normalized spacial score (nSPS) is 8.93. The van der Waals surface area contributed by atoms with E-state index >= 15 is 0 Å². The molecule has 1 aromatic rings. The van der Waals surface area contributed by atoms with Crippen molar-refractivity contribution < 1.29 is 0 Å². The van der Waals surface area contributed by atoms with Crippen LogP contribution in [-0.4, -0.2) is 6.54 Å². The number of nitrogens with zero attached hydrogens (tertiary/aromatic N) is 1. The fourth-order valence-corrected chi connectivity index (χ4v) is 1.07. The van der Waals surface area contributed by atoms with Gasteiger partial charge in [0.15, 0.2) is 0 Å². The number of allylic oxidation sites excluding steroid dienone is 1. The van der Waals surface area contributed by atoms with Crippen molar-refractivity contribution in [1.82, 2.24) is 0 Å². The molecule has 0 heterocycles. The van der Waals surface area contributed by atoms with Gasteiger partial charge < -0.3 is 5.32 Å². The van der Waals surface area contributed by atoms with E-state index in [-0.39, 0.29) is 0 Å². The van der Waals surface area contributed by atoms with E-state index in [1.54, 1.807) is 6.07 Å². The molecule has 2 nitrogen and oxygen atoms in total. The van der Waals surface area contributed by atoms with Gasteiger partial charge in [0.05, 0.1) is 11.6 Å². The lowest BCUT2D eigenvalue weighted by atomic mass is 10.2. The van der Waals surface area contributed by atoms with Crippen LogP contribution in [0.5, 0.6) is 0 Å². The molecule has 0 aromatic heterocycles. The van der Waals surface area contributed by atoms with E-state index in [1.807, 2.05) is 18.2 Å². The molecule has 0 aliphatic rings. The van der Waals surface area contributed by atoms with Gasteiger partial charge >= 0.3 is 0 Å². The summed E-state index contributed by atoms with van der Waals surface area (Å²) in [5, 5.41) is 11.9. The smallest absolute Gasteiger partial charge is 0.0992 e. The van der Waals surface area contributed by atoms with Crippen LogP contribution in [0.1, 0.15) is 19.4 Å². The Morgan fingerprint density at radius 3 is 2.93 bits per heavy atom. The Bertz CT molecular complexity index is 368. The third-order valence-electron chi connectivity index (χ3n) is 1.81. The number of hydrogen-bond acceptors (Lipinski definition) is 2. The maximum atomic E-state index is 8.69. The summed E-state index contributed by atoms with van der Waals surface area (Å²) in [5.41, 5.74) is 2.96. The number of nitriles is 1. The molecule has 0 fully saturated rings. The minimum absolute atomic E-state index is 0.687. The van der Waals surface area contributed by atoms with Crippen LogP contribution in [0.3, 0.4) is 0 Å². The maximum Gasteiger partial charge on any atom is 0.0992 e. The molecule has 0 amide bonds. The largest absolute Gasteiger partial charge is 0.382 e. The summed E-state index contributed by atoms with van der Waals surface area (Å²) in [4.78, 5) is 0. The lowest BCUT2D eigenvalue weighted by molar-refractivity contribution is 1.26. The Morgan fingerprint density at radius 1 is 1.50 bits per heavy atom. The van der Waals surface area contributed by atoms with Crippen LogP contribution in [0.2, 0.25) is 0 Å². The Balaban J connectivity index is 2.60. The molecular formula is C12H14N2. The van der Waals surface area contributed by atoms with Crippen molar-refractivity contribution in [2.24, 2.45) is 0 Å². The lowest BCUT2D eigenvalue weighted by Gasteiger charge is -2.03. The zero-order valence-electron chi connectivity index (χ0n) is 8.54. The Labute approximate surface area is 84.9 Å². The van der Waals surface area contributed by atoms with Crippen LogP contribution in [0.25, 0.3) is 0 Å². The molecule has 0 aliphatic carbocycles. The minimum atomic E-state index is 0.687. The fraction of sp³-hybridized carbons (Fsp3) is 0.250. The first-order valence-electron chi connectivity index (χ1n) is 4.60. The Hall–Kier alpha value is -1.75. The average molecular weight is 186 g/mol. The zero-order valence-corrected chi connectivity index (χ0v) is 8.54. The molecule has 2 heteroatoms. The van der Waals surface area contributed by atoms with Crippen molar-refractivity contribution in [3.63, 3.8) is 0 Å². The van der Waals surface area contributed by atoms with E-state index < -0.39 is 0 Å². The van der Waals surface area contributed by atoms with Crippen LogP contribution in [0.4, 0.5) is 5.69 Å². The highest BCUT2D eigenvalue weighted by atomic mass is 14.8. The van der Waals surface area contributed by atoms with Crippen molar-refractivity contribution in [3.05, 3.63) is 41.5 Å². The fourth-order valence-electron chi connectivity index (χ4n) is 1.07. The van der Waals surface area contributed by atoms with Crippen LogP contribution in [0, 0.1) is 11.3 Å². The summed E-state index contributed by atoms with van der Waals surface area (Å²) in [7, 11) is 0. The summed E-state index contributed by atoms with van der Waals surface area (Å²) in [6.07, 6.45) is 2.11. The molecule has 0 spiro atoms. The zero-order chi connectivity index (χ0) is 10.4. The van der Waals surface area contributed by atoms with Crippen LogP contribution >= 0.6 is 0 Å². The monoisotopic (exact) mass is 186 g/mol. The first-order chi connectivity index (χ1) is 6.72. The first-order valence-corrected chi connectivity index (χ1v) is 4.60. The predicted octanol–water partition coefficient (Wildman–Crippen LogP) is 2.94. The summed E-state index contributed by atoms with van der Waals surface area (Å²) >= 11 is 0. The molecule has 0 saturated heterocycles. The van der Waals surface area contributed by atoms with Crippen LogP contribution in [-0.2, 0) is 0 Å². The minimum Gasteiger partial charge on any atom is -0.382 e. The topological polar surface area (TPSA) is 35.8 Å². The third kappa shape index (κ3) is 3.32. The molecule has 1 rings (SSSR count). The van der Waals surface area contributed by atoms with Crippen molar-refractivity contribution in [1.29, 1.82) is 5.26 Å². The second-order valence-corrected chi connectivity index (χ2v) is 3.35. The average Bonchev–Trinajstić information content (AvgIpc) is 2.18. The molecule has 1 aromatic carbocycles. The quantitative estimate of drug-likeness (QED) is 0.737. The number of benzene rings is 1. The van der Waals surface area contributed by atoms with Gasteiger partial charge in [-0.2, -0.15) is 5.26 Å². The van der Waals surface area contributed by atoms with E-state index in [4.69, 9.17) is 5.26 Å². The highest BCUT2D eigenvalue weighted by Crippen LogP contribution is 2.09. The van der Waals surface area contributed by atoms with Gasteiger partial charge in [0.2, 0.25) is 0 Å². The Kier molecular flexibility index (Phi) is 3.75. The number of nitrogens with one attached hydrogen (secondary N) is 1. The molecule has 0 unspecified atom stereocenters. The van der Waals surface area contributed by atoms with Gasteiger partial charge in [0.1, 0.15) is 0 Å². The molecule has 0 radical (unpaired) electrons. The molecule has 0 aliphatic heterocycles. The standard InChI is InChI=1S/C12H14N2/c1-10(2)6-7-14-12-5-3-4-11(8-12)9-13/h3-6,8,14H,7H2,1-2H3. The van der Waals surface area contributed by atoms with Crippen molar-refractivity contribution >= 4 is 5.69 Å². The van der Waals surface area contributed by atoms with E-state index in [1.165, 1.54) is 5.57 Å². The lowest BCUT2D eigenvalue weighted by Crippen LogP contribution is -1.98. The summed E-state index contributed by atoms with van der Waals surface area (Å²) in [6, 6.07) is 9.59. The second kappa shape index (κ2) is 5.08. The van der Waals surface area contributed by atoms with E-state index in [2.05, 4.69) is 31.3 Å². The summed E-state index contributed by atoms with van der Waals surface area (Å²) < 4.78 is 0. The Morgan fingerprint density at radius 2 is 2.29 bits per heavy atom. The summed E-state index contributed by atoms with van der Waals surface area (Å²) in [5.74, 6) is 0. The second-order valence-electron chi connectivity index (χ2n) is 3.35. The number of anilines is 1. The molecular weight excluding hydrogens is 172 g/mol. The van der Waals surface area contributed by atoms with Gasteiger partial charge in [-0.3, -0.25) is 0 Å². The highest BCUT2D eigenvalue weighted by molar-refractivity contribution is 5.49. The molecule has 0 saturated carbocycles. The predicted molar refractivity (Wildman–Crippen MR) is 59.1 cm³/mol. The highest BCUT2D eigenvalue weighted by Gasteiger charge is 1.92. The maximum absolute atomic E-state index is 8.69. The molecule has 0 bridgehead atoms. The third-order valence-corrected chi connectivity index (χ3v) is 1.81. The molecule has 0 atom stereocenters. The SMILES string of the molecule is CC(C)=CCNc1cccc(C#N)c1. The van der Waals surface area contributed by atoms with Crippen molar-refractivity contribution in [2.75, 3.05) is 11.9 Å². The van der Waals surface area contributed by atoms with Gasteiger partial charge in [0.25, 0.3) is 0 Å². The number of hydrogen-bond donors (Lipinski definition) is 1. The van der Waals surface area contributed by atoms with E-state index in [0.717, 1.165) is 12.2 Å². The van der Waals surface area contributed by atoms with Gasteiger partial charge in [-0.1, -0.05) is 17.7 Å². The number of rotatable bonds is 3. The van der Waals surface area contributed by atoms with Gasteiger partial charge in [-0.25, -0.2) is 0 Å². The van der Waals surface area contributed by atoms with Gasteiger partial charge in [-0.05, 0) is 32.0 Å². The van der Waals surface area contributed by atoms with E-state index in [9.17, 15) is 0 Å². The molecule has 14 heavy (non-hydrogen) atoms. The van der Waals surface area contributed by atoms with Gasteiger partial charge in [-0.15, -0.1) is 0 Å². The molecule has 1 N–H and O–H groups in total. The molecule has 72 valence electrons. The van der Waals surface area contributed by atoms with Gasteiger partial charge in [0, 0.05) is 12.2 Å². The van der Waals surface area contributed by atoms with E-state index in [0.29, 0.717) is 5.56 Å². The van der Waals surface area contributed by atoms with Crippen molar-refractivity contribution in [3.8, 4) is 6.07 Å². The van der Waals surface area contributed by atoms with Crippen molar-refractivity contribution in [2.45, 2.75) is 13.8 Å².